The Labute approximate surface area is 116 Å². The van der Waals surface area contributed by atoms with Crippen molar-refractivity contribution in [3.05, 3.63) is 40.6 Å². The van der Waals surface area contributed by atoms with Crippen molar-refractivity contribution in [2.45, 2.75) is 13.3 Å². The Hall–Kier alpha value is -2.21. The highest BCUT2D eigenvalue weighted by Crippen LogP contribution is 2.31. The third kappa shape index (κ3) is 3.21. The van der Waals surface area contributed by atoms with E-state index in [0.717, 1.165) is 19.5 Å². The van der Waals surface area contributed by atoms with E-state index >= 15 is 0 Å². The fraction of sp³-hybridized carbons (Fsp3) is 0.357. The van der Waals surface area contributed by atoms with Crippen LogP contribution in [0.5, 0.6) is 5.75 Å². The lowest BCUT2D eigenvalue weighted by Gasteiger charge is -2.09. The molecule has 0 aliphatic heterocycles. The fourth-order valence-electron chi connectivity index (χ4n) is 1.94. The summed E-state index contributed by atoms with van der Waals surface area (Å²) in [7, 11) is 0. The van der Waals surface area contributed by atoms with E-state index in [-0.39, 0.29) is 5.69 Å². The molecule has 0 aliphatic carbocycles. The topological polar surface area (TPSA) is 77.3 Å². The number of ether oxygens (including phenoxy) is 1. The number of non-ortho nitro benzene ring substituents is 1. The molecule has 2 aromatic rings. The molecule has 0 bridgehead atoms. The van der Waals surface area contributed by atoms with Gasteiger partial charge in [0.2, 0.25) is 0 Å². The highest BCUT2D eigenvalue weighted by Gasteiger charge is 2.15. The van der Waals surface area contributed by atoms with E-state index in [1.165, 1.54) is 6.07 Å². The van der Waals surface area contributed by atoms with Gasteiger partial charge < -0.3 is 10.1 Å². The monoisotopic (exact) mass is 275 g/mol. The second-order valence-electron chi connectivity index (χ2n) is 4.34. The summed E-state index contributed by atoms with van der Waals surface area (Å²) in [6.45, 7) is 4.31. The summed E-state index contributed by atoms with van der Waals surface area (Å²) < 4.78 is 5.68. The Balaban J connectivity index is 2.18. The number of rotatable bonds is 7. The smallest absolute Gasteiger partial charge is 0.295 e. The number of benzene rings is 1. The number of fused-ring (bicyclic) bond motifs is 1. The number of hydrogen-bond donors (Lipinski definition) is 1. The van der Waals surface area contributed by atoms with Gasteiger partial charge in [0.15, 0.2) is 5.52 Å². The van der Waals surface area contributed by atoms with Crippen LogP contribution in [0.1, 0.15) is 13.3 Å². The number of nitro benzene ring substituents is 1. The Kier molecular flexibility index (Phi) is 4.84. The van der Waals surface area contributed by atoms with Crippen LogP contribution in [0.3, 0.4) is 0 Å². The molecule has 6 heteroatoms. The predicted molar refractivity (Wildman–Crippen MR) is 77.1 cm³/mol. The Morgan fingerprint density at radius 3 is 2.95 bits per heavy atom. The van der Waals surface area contributed by atoms with Crippen molar-refractivity contribution >= 4 is 16.6 Å². The quantitative estimate of drug-likeness (QED) is 0.477. The summed E-state index contributed by atoms with van der Waals surface area (Å²) in [4.78, 5) is 14.6. The van der Waals surface area contributed by atoms with Crippen molar-refractivity contribution in [3.8, 4) is 5.75 Å². The minimum atomic E-state index is -0.429. The molecule has 0 aliphatic rings. The van der Waals surface area contributed by atoms with Crippen LogP contribution in [0.4, 0.5) is 5.69 Å². The molecular formula is C14H17N3O3. The van der Waals surface area contributed by atoms with Crippen LogP contribution in [0, 0.1) is 10.1 Å². The molecule has 1 heterocycles. The molecular weight excluding hydrogens is 258 g/mol. The summed E-state index contributed by atoms with van der Waals surface area (Å²) in [5.41, 5.74) is 0.355. The van der Waals surface area contributed by atoms with Gasteiger partial charge in [0.05, 0.1) is 4.92 Å². The molecule has 1 aromatic carbocycles. The zero-order valence-electron chi connectivity index (χ0n) is 11.3. The summed E-state index contributed by atoms with van der Waals surface area (Å²) in [6, 6.07) is 6.59. The average molecular weight is 275 g/mol. The third-order valence-corrected chi connectivity index (χ3v) is 2.87. The van der Waals surface area contributed by atoms with Crippen LogP contribution in [-0.4, -0.2) is 29.6 Å². The maximum absolute atomic E-state index is 11.0. The first-order valence-corrected chi connectivity index (χ1v) is 6.59. The first kappa shape index (κ1) is 14.2. The van der Waals surface area contributed by atoms with Crippen molar-refractivity contribution in [1.82, 2.24) is 10.3 Å². The highest BCUT2D eigenvalue weighted by molar-refractivity contribution is 5.91. The molecule has 0 saturated heterocycles. The molecule has 0 atom stereocenters. The van der Waals surface area contributed by atoms with Gasteiger partial charge in [-0.3, -0.25) is 10.1 Å². The minimum absolute atomic E-state index is 0.00272. The number of nitro groups is 1. The molecule has 1 aromatic heterocycles. The Bertz CT molecular complexity index is 601. The largest absolute Gasteiger partial charge is 0.492 e. The van der Waals surface area contributed by atoms with Gasteiger partial charge in [-0.1, -0.05) is 6.92 Å². The lowest BCUT2D eigenvalue weighted by molar-refractivity contribution is -0.383. The molecule has 0 spiro atoms. The van der Waals surface area contributed by atoms with Gasteiger partial charge >= 0.3 is 0 Å². The second-order valence-corrected chi connectivity index (χ2v) is 4.34. The fourth-order valence-corrected chi connectivity index (χ4v) is 1.94. The van der Waals surface area contributed by atoms with Crippen LogP contribution < -0.4 is 10.1 Å². The highest BCUT2D eigenvalue weighted by atomic mass is 16.6. The first-order chi connectivity index (χ1) is 9.74. The van der Waals surface area contributed by atoms with E-state index in [1.807, 2.05) is 0 Å². The van der Waals surface area contributed by atoms with Gasteiger partial charge in [0.25, 0.3) is 5.69 Å². The summed E-state index contributed by atoms with van der Waals surface area (Å²) >= 11 is 0. The van der Waals surface area contributed by atoms with Crippen LogP contribution in [-0.2, 0) is 0 Å². The van der Waals surface area contributed by atoms with Gasteiger partial charge in [0.1, 0.15) is 12.4 Å². The molecule has 0 amide bonds. The second kappa shape index (κ2) is 6.81. The van der Waals surface area contributed by atoms with Crippen molar-refractivity contribution in [2.24, 2.45) is 0 Å². The average Bonchev–Trinajstić information content (AvgIpc) is 2.46. The van der Waals surface area contributed by atoms with Crippen molar-refractivity contribution in [2.75, 3.05) is 19.7 Å². The van der Waals surface area contributed by atoms with Crippen LogP contribution in [0.15, 0.2) is 30.5 Å². The van der Waals surface area contributed by atoms with Crippen molar-refractivity contribution in [1.29, 1.82) is 0 Å². The number of nitrogens with zero attached hydrogens (tertiary/aromatic N) is 2. The molecule has 20 heavy (non-hydrogen) atoms. The van der Waals surface area contributed by atoms with Crippen molar-refractivity contribution in [3.63, 3.8) is 0 Å². The Morgan fingerprint density at radius 2 is 2.20 bits per heavy atom. The molecule has 0 saturated carbocycles. The lowest BCUT2D eigenvalue weighted by atomic mass is 10.1. The zero-order chi connectivity index (χ0) is 14.4. The van der Waals surface area contributed by atoms with E-state index in [2.05, 4.69) is 17.2 Å². The Morgan fingerprint density at radius 1 is 1.35 bits per heavy atom. The number of nitrogens with one attached hydrogen (secondary N) is 1. The van der Waals surface area contributed by atoms with Gasteiger partial charge in [-0.15, -0.1) is 0 Å². The SMILES string of the molecule is CCCNCCOc1ccc([N+](=O)[O-])c2ncccc12. The van der Waals surface area contributed by atoms with E-state index in [9.17, 15) is 10.1 Å². The van der Waals surface area contributed by atoms with E-state index < -0.39 is 4.92 Å². The van der Waals surface area contributed by atoms with Gasteiger partial charge in [-0.05, 0) is 31.2 Å². The lowest BCUT2D eigenvalue weighted by Crippen LogP contribution is -2.21. The molecule has 0 fully saturated rings. The summed E-state index contributed by atoms with van der Waals surface area (Å²) in [5.74, 6) is 0.622. The predicted octanol–water partition coefficient (Wildman–Crippen LogP) is 2.52. The first-order valence-electron chi connectivity index (χ1n) is 6.59. The zero-order valence-corrected chi connectivity index (χ0v) is 11.3. The number of pyridine rings is 1. The number of aromatic nitrogens is 1. The van der Waals surface area contributed by atoms with Crippen LogP contribution in [0.2, 0.25) is 0 Å². The van der Waals surface area contributed by atoms with E-state index in [4.69, 9.17) is 4.74 Å². The van der Waals surface area contributed by atoms with Crippen LogP contribution >= 0.6 is 0 Å². The minimum Gasteiger partial charge on any atom is -0.492 e. The van der Waals surface area contributed by atoms with E-state index in [0.29, 0.717) is 23.3 Å². The summed E-state index contributed by atoms with van der Waals surface area (Å²) in [5, 5.41) is 14.9. The molecule has 1 N–H and O–H groups in total. The molecule has 106 valence electrons. The van der Waals surface area contributed by atoms with Crippen LogP contribution in [0.25, 0.3) is 10.9 Å². The van der Waals surface area contributed by atoms with Gasteiger partial charge in [-0.25, -0.2) is 4.98 Å². The normalized spacial score (nSPS) is 10.7. The molecule has 2 rings (SSSR count). The molecule has 6 nitrogen and oxygen atoms in total. The van der Waals surface area contributed by atoms with Gasteiger partial charge in [0, 0.05) is 24.2 Å². The molecule has 0 unspecified atom stereocenters. The number of hydrogen-bond acceptors (Lipinski definition) is 5. The maximum Gasteiger partial charge on any atom is 0.295 e. The third-order valence-electron chi connectivity index (χ3n) is 2.87. The van der Waals surface area contributed by atoms with Crippen molar-refractivity contribution < 1.29 is 9.66 Å². The standard InChI is InChI=1S/C14H17N3O3/c1-2-7-15-9-10-20-13-6-5-12(17(18)19)14-11(13)4-3-8-16-14/h3-6,8,15H,2,7,9-10H2,1H3. The maximum atomic E-state index is 11.0. The summed E-state index contributed by atoms with van der Waals surface area (Å²) in [6.07, 6.45) is 2.62. The van der Waals surface area contributed by atoms with E-state index in [1.54, 1.807) is 24.4 Å². The molecule has 0 radical (unpaired) electrons. The van der Waals surface area contributed by atoms with Gasteiger partial charge in [-0.2, -0.15) is 0 Å².